The Morgan fingerprint density at radius 1 is 0.978 bits per heavy atom. The normalized spacial score (nSPS) is 19.7. The van der Waals surface area contributed by atoms with Gasteiger partial charge in [0.1, 0.15) is 17.3 Å². The van der Waals surface area contributed by atoms with Gasteiger partial charge in [-0.15, -0.1) is 29.1 Å². The number of aryl methyl sites for hydroxylation is 1. The van der Waals surface area contributed by atoms with Gasteiger partial charge in [0.25, 0.3) is 0 Å². The van der Waals surface area contributed by atoms with Crippen LogP contribution in [0.3, 0.4) is 0 Å². The summed E-state index contributed by atoms with van der Waals surface area (Å²) >= 11 is 0. The Hall–Kier alpha value is -3.43. The second kappa shape index (κ2) is 11.7. The van der Waals surface area contributed by atoms with Crippen molar-refractivity contribution < 1.29 is 30.5 Å². The molecule has 0 bridgehead atoms. The van der Waals surface area contributed by atoms with E-state index in [0.29, 0.717) is 23.3 Å². The second-order valence-electron chi connectivity index (χ2n) is 14.2. The second-order valence-corrected chi connectivity index (χ2v) is 14.2. The molecule has 1 aliphatic heterocycles. The third kappa shape index (κ3) is 5.85. The summed E-state index contributed by atoms with van der Waals surface area (Å²) in [5.74, 6) is 3.13. The topological polar surface area (TPSA) is 48.6 Å². The van der Waals surface area contributed by atoms with Crippen LogP contribution in [0, 0.1) is 19.1 Å². The van der Waals surface area contributed by atoms with E-state index in [2.05, 4.69) is 114 Å². The molecule has 7 rings (SSSR count). The smallest absolute Gasteiger partial charge is 0.512 e. The van der Waals surface area contributed by atoms with Gasteiger partial charge in [-0.2, -0.15) is 6.07 Å². The number of nitrogens with zero attached hydrogens (tertiary/aromatic N) is 3. The van der Waals surface area contributed by atoms with E-state index in [0.717, 1.165) is 46.2 Å². The van der Waals surface area contributed by atoms with Gasteiger partial charge in [0.2, 0.25) is 0 Å². The molecular weight excluding hydrogens is 738 g/mol. The van der Waals surface area contributed by atoms with E-state index in [1.165, 1.54) is 29.4 Å². The summed E-state index contributed by atoms with van der Waals surface area (Å²) in [5, 5.41) is 2.29. The first-order chi connectivity index (χ1) is 21.0. The van der Waals surface area contributed by atoms with Crippen molar-refractivity contribution in [3.05, 3.63) is 95.2 Å². The van der Waals surface area contributed by atoms with Gasteiger partial charge in [0.05, 0.1) is 6.04 Å². The first-order valence-electron chi connectivity index (χ1n) is 15.9. The van der Waals surface area contributed by atoms with Crippen LogP contribution in [0.25, 0.3) is 27.6 Å². The fourth-order valence-corrected chi connectivity index (χ4v) is 6.65. The van der Waals surface area contributed by atoms with Crippen molar-refractivity contribution in [1.29, 1.82) is 0 Å². The molecule has 6 heteroatoms. The quantitative estimate of drug-likeness (QED) is 0.167. The summed E-state index contributed by atoms with van der Waals surface area (Å²) in [6, 6.07) is 26.5. The number of fused-ring (bicyclic) bond motifs is 4. The molecular formula is C39H41N3O2Pt. The predicted molar refractivity (Wildman–Crippen MR) is 179 cm³/mol. The number of aliphatic imine (C=N–C) groups is 1. The molecule has 45 heavy (non-hydrogen) atoms. The van der Waals surface area contributed by atoms with Crippen LogP contribution in [0.4, 0.5) is 0 Å². The molecule has 2 atom stereocenters. The maximum atomic E-state index is 6.55. The van der Waals surface area contributed by atoms with E-state index < -0.39 is 0 Å². The summed E-state index contributed by atoms with van der Waals surface area (Å²) in [5.41, 5.74) is 6.27. The first-order valence-corrected chi connectivity index (χ1v) is 15.9. The molecule has 0 radical (unpaired) electrons. The standard InChI is InChI=1S/C39H41N3O2.Pt/c1-24(2)26-19-27(37-41-35-10-8-9-16-39(35,7)44-37)21-30(20-26)43-29-12-13-31-32-18-25(3)11-14-33(32)42(34(31)23-29)36-22-28(15-17-40-36)38(4,5)6;/h11-15,17-20,22,24,35H,8-10,16H2,1-7H3;/q-2;+2/t35-,39-;/m0./s1. The van der Waals surface area contributed by atoms with Gasteiger partial charge in [0.15, 0.2) is 0 Å². The van der Waals surface area contributed by atoms with Gasteiger partial charge in [-0.1, -0.05) is 81.9 Å². The van der Waals surface area contributed by atoms with Crippen LogP contribution in [0.15, 0.2) is 65.8 Å². The molecule has 0 N–H and O–H groups in total. The van der Waals surface area contributed by atoms with Crippen molar-refractivity contribution in [1.82, 2.24) is 9.55 Å². The number of aromatic nitrogens is 2. The Morgan fingerprint density at radius 3 is 2.56 bits per heavy atom. The monoisotopic (exact) mass is 778 g/mol. The number of ether oxygens (including phenoxy) is 2. The molecule has 5 nitrogen and oxygen atoms in total. The minimum atomic E-state index is -0.223. The fraction of sp³-hybridized carbons (Fsp3) is 0.385. The Labute approximate surface area is 281 Å². The number of hydrogen-bond donors (Lipinski definition) is 0. The molecule has 3 heterocycles. The van der Waals surface area contributed by atoms with Crippen molar-refractivity contribution in [3.8, 4) is 17.3 Å². The van der Waals surface area contributed by atoms with Gasteiger partial charge in [-0.25, -0.2) is 4.98 Å². The van der Waals surface area contributed by atoms with Gasteiger partial charge in [0, 0.05) is 23.2 Å². The maximum absolute atomic E-state index is 6.55. The third-order valence-electron chi connectivity index (χ3n) is 9.34. The molecule has 0 spiro atoms. The molecule has 1 saturated carbocycles. The minimum absolute atomic E-state index is 0. The molecule has 1 aliphatic carbocycles. The summed E-state index contributed by atoms with van der Waals surface area (Å²) in [6.07, 6.45) is 6.40. The Kier molecular flexibility index (Phi) is 8.23. The van der Waals surface area contributed by atoms with E-state index in [1.807, 2.05) is 12.3 Å². The molecule has 1 fully saturated rings. The zero-order chi connectivity index (χ0) is 30.8. The van der Waals surface area contributed by atoms with Gasteiger partial charge in [-0.05, 0) is 73.6 Å². The van der Waals surface area contributed by atoms with E-state index in [-0.39, 0.29) is 38.1 Å². The third-order valence-corrected chi connectivity index (χ3v) is 9.34. The molecule has 0 amide bonds. The average molecular weight is 779 g/mol. The van der Waals surface area contributed by atoms with E-state index in [9.17, 15) is 0 Å². The van der Waals surface area contributed by atoms with Gasteiger partial charge < -0.3 is 14.0 Å². The van der Waals surface area contributed by atoms with Crippen molar-refractivity contribution in [2.45, 2.75) is 97.1 Å². The van der Waals surface area contributed by atoms with Crippen molar-refractivity contribution in [3.63, 3.8) is 0 Å². The average Bonchev–Trinajstić information content (AvgIpc) is 3.51. The molecule has 3 aromatic carbocycles. The Balaban J connectivity index is 0.00000357. The van der Waals surface area contributed by atoms with Crippen LogP contribution < -0.4 is 4.74 Å². The number of rotatable bonds is 5. The molecule has 5 aromatic rings. The van der Waals surface area contributed by atoms with Crippen LogP contribution in [-0.4, -0.2) is 27.1 Å². The zero-order valence-corrected chi connectivity index (χ0v) is 29.5. The van der Waals surface area contributed by atoms with Crippen LogP contribution in [0.5, 0.6) is 11.5 Å². The predicted octanol–water partition coefficient (Wildman–Crippen LogP) is 9.78. The number of pyridine rings is 1. The van der Waals surface area contributed by atoms with Crippen LogP contribution in [0.2, 0.25) is 0 Å². The maximum Gasteiger partial charge on any atom is 2.00 e. The molecule has 234 valence electrons. The molecule has 2 aromatic heterocycles. The van der Waals surface area contributed by atoms with Gasteiger partial charge >= 0.3 is 21.1 Å². The minimum Gasteiger partial charge on any atom is -0.512 e. The van der Waals surface area contributed by atoms with Crippen LogP contribution >= 0.6 is 0 Å². The molecule has 0 unspecified atom stereocenters. The van der Waals surface area contributed by atoms with Crippen LogP contribution in [0.1, 0.15) is 95.4 Å². The summed E-state index contributed by atoms with van der Waals surface area (Å²) in [4.78, 5) is 9.86. The first kappa shape index (κ1) is 31.5. The fourth-order valence-electron chi connectivity index (χ4n) is 6.65. The van der Waals surface area contributed by atoms with Crippen molar-refractivity contribution in [2.24, 2.45) is 4.99 Å². The van der Waals surface area contributed by atoms with Crippen molar-refractivity contribution >= 4 is 27.7 Å². The van der Waals surface area contributed by atoms with E-state index in [4.69, 9.17) is 19.5 Å². The molecule has 0 saturated heterocycles. The zero-order valence-electron chi connectivity index (χ0n) is 27.2. The van der Waals surface area contributed by atoms with Gasteiger partial charge in [-0.3, -0.25) is 4.99 Å². The van der Waals surface area contributed by atoms with E-state index >= 15 is 0 Å². The Bertz CT molecular complexity index is 1930. The number of benzene rings is 3. The number of hydrogen-bond acceptors (Lipinski definition) is 4. The largest absolute Gasteiger partial charge is 2.00 e. The summed E-state index contributed by atoms with van der Waals surface area (Å²) in [7, 11) is 0. The van der Waals surface area contributed by atoms with Crippen molar-refractivity contribution in [2.75, 3.05) is 0 Å². The van der Waals surface area contributed by atoms with E-state index in [1.54, 1.807) is 0 Å². The summed E-state index contributed by atoms with van der Waals surface area (Å²) < 4.78 is 15.3. The SMILES string of the molecule is Cc1ccc2c(c1)c1ccc(Oc3[c-]c(C4=N[C@H]5CCCC[C@]5(C)O4)cc(C(C)C)c3)[c-]c1n2-c1cc(C(C)(C)C)ccn1.[Pt+2]. The van der Waals surface area contributed by atoms with Crippen LogP contribution in [-0.2, 0) is 31.2 Å². The molecule has 2 aliphatic rings. The Morgan fingerprint density at radius 2 is 1.80 bits per heavy atom. The summed E-state index contributed by atoms with van der Waals surface area (Å²) in [6.45, 7) is 15.4.